The van der Waals surface area contributed by atoms with Gasteiger partial charge >= 0.3 is 0 Å². The number of aromatic nitrogens is 2. The fourth-order valence-corrected chi connectivity index (χ4v) is 1.92. The minimum absolute atomic E-state index is 0.0932. The van der Waals surface area contributed by atoms with E-state index in [-0.39, 0.29) is 11.6 Å². The first-order valence-corrected chi connectivity index (χ1v) is 6.67. The van der Waals surface area contributed by atoms with Crippen LogP contribution < -0.4 is 5.73 Å². The molecule has 0 aliphatic carbocycles. The molecule has 0 spiro atoms. The number of hydrogen-bond donors (Lipinski definition) is 2. The molecule has 90 valence electrons. The van der Waals surface area contributed by atoms with E-state index >= 15 is 0 Å². The molecule has 16 heavy (non-hydrogen) atoms. The third kappa shape index (κ3) is 3.54. The summed E-state index contributed by atoms with van der Waals surface area (Å²) in [5.41, 5.74) is 5.40. The first-order chi connectivity index (χ1) is 7.44. The van der Waals surface area contributed by atoms with Gasteiger partial charge in [-0.05, 0) is 6.42 Å². The molecule has 1 rings (SSSR count). The molecule has 8 heteroatoms. The zero-order valence-electron chi connectivity index (χ0n) is 8.87. The van der Waals surface area contributed by atoms with Gasteiger partial charge in [0, 0.05) is 25.2 Å². The minimum atomic E-state index is -2.96. The van der Waals surface area contributed by atoms with Crippen LogP contribution in [0.5, 0.6) is 0 Å². The number of sulfone groups is 1. The molecule has 1 aromatic heterocycles. The Hall–Kier alpha value is -1.57. The van der Waals surface area contributed by atoms with Gasteiger partial charge in [0.2, 0.25) is 5.84 Å². The van der Waals surface area contributed by atoms with Crippen LogP contribution >= 0.6 is 0 Å². The summed E-state index contributed by atoms with van der Waals surface area (Å²) in [6, 6.07) is 0. The van der Waals surface area contributed by atoms with Crippen LogP contribution in [0.3, 0.4) is 0 Å². The van der Waals surface area contributed by atoms with Crippen molar-refractivity contribution in [3.05, 3.63) is 18.2 Å². The maximum atomic E-state index is 10.9. The van der Waals surface area contributed by atoms with Gasteiger partial charge in [-0.15, -0.1) is 0 Å². The smallest absolute Gasteiger partial charge is 0.206 e. The van der Waals surface area contributed by atoms with E-state index in [0.29, 0.717) is 18.8 Å². The molecule has 0 saturated heterocycles. The van der Waals surface area contributed by atoms with E-state index in [2.05, 4.69) is 10.1 Å². The predicted octanol–water partition coefficient (Wildman–Crippen LogP) is -0.588. The van der Waals surface area contributed by atoms with Gasteiger partial charge in [0.1, 0.15) is 9.84 Å². The second-order valence-corrected chi connectivity index (χ2v) is 5.67. The Kier molecular flexibility index (Phi) is 3.88. The summed E-state index contributed by atoms with van der Waals surface area (Å²) >= 11 is 0. The van der Waals surface area contributed by atoms with E-state index in [4.69, 9.17) is 10.9 Å². The molecular weight excluding hydrogens is 232 g/mol. The van der Waals surface area contributed by atoms with Crippen LogP contribution in [-0.4, -0.2) is 41.0 Å². The van der Waals surface area contributed by atoms with E-state index < -0.39 is 9.84 Å². The molecule has 0 aliphatic rings. The van der Waals surface area contributed by atoms with Crippen molar-refractivity contribution in [3.63, 3.8) is 0 Å². The lowest BCUT2D eigenvalue weighted by Gasteiger charge is -2.05. The van der Waals surface area contributed by atoms with Crippen molar-refractivity contribution in [2.45, 2.75) is 13.0 Å². The Morgan fingerprint density at radius 1 is 1.69 bits per heavy atom. The number of nitrogens with zero attached hydrogens (tertiary/aromatic N) is 3. The lowest BCUT2D eigenvalue weighted by Crippen LogP contribution is -2.20. The fraction of sp³-hybridized carbons (Fsp3) is 0.500. The average molecular weight is 246 g/mol. The lowest BCUT2D eigenvalue weighted by atomic mass is 10.4. The van der Waals surface area contributed by atoms with Crippen molar-refractivity contribution in [3.8, 4) is 0 Å². The summed E-state index contributed by atoms with van der Waals surface area (Å²) in [4.78, 5) is 3.90. The van der Waals surface area contributed by atoms with Crippen molar-refractivity contribution in [2.75, 3.05) is 12.0 Å². The number of oxime groups is 1. The Bertz CT molecular complexity index is 477. The molecule has 0 bridgehead atoms. The number of imidazole rings is 1. The van der Waals surface area contributed by atoms with Crippen LogP contribution in [0.1, 0.15) is 12.2 Å². The second kappa shape index (κ2) is 4.97. The van der Waals surface area contributed by atoms with Gasteiger partial charge in [0.15, 0.2) is 5.82 Å². The fourth-order valence-electron chi connectivity index (χ4n) is 1.26. The average Bonchev–Trinajstić information content (AvgIpc) is 2.63. The number of amidine groups is 1. The number of hydrogen-bond acceptors (Lipinski definition) is 5. The Morgan fingerprint density at radius 2 is 2.38 bits per heavy atom. The maximum Gasteiger partial charge on any atom is 0.206 e. The van der Waals surface area contributed by atoms with Crippen LogP contribution in [0, 0.1) is 0 Å². The third-order valence-corrected chi connectivity index (χ3v) is 3.00. The molecule has 0 aliphatic heterocycles. The third-order valence-electron chi connectivity index (χ3n) is 1.97. The molecule has 0 radical (unpaired) electrons. The molecule has 0 amide bonds. The van der Waals surface area contributed by atoms with Crippen LogP contribution in [0.2, 0.25) is 0 Å². The first kappa shape index (κ1) is 12.5. The quantitative estimate of drug-likeness (QED) is 0.312. The summed E-state index contributed by atoms with van der Waals surface area (Å²) in [5.74, 6) is 0.334. The van der Waals surface area contributed by atoms with Gasteiger partial charge in [-0.1, -0.05) is 5.16 Å². The van der Waals surface area contributed by atoms with Crippen LogP contribution in [-0.2, 0) is 16.4 Å². The molecule has 0 saturated carbocycles. The van der Waals surface area contributed by atoms with Crippen LogP contribution in [0.4, 0.5) is 0 Å². The van der Waals surface area contributed by atoms with Crippen LogP contribution in [0.15, 0.2) is 17.5 Å². The van der Waals surface area contributed by atoms with Gasteiger partial charge in [-0.3, -0.25) is 0 Å². The van der Waals surface area contributed by atoms with E-state index in [9.17, 15) is 8.42 Å². The largest absolute Gasteiger partial charge is 0.409 e. The molecule has 0 unspecified atom stereocenters. The topological polar surface area (TPSA) is 111 Å². The molecule has 1 heterocycles. The molecular formula is C8H14N4O3S. The van der Waals surface area contributed by atoms with Gasteiger partial charge < -0.3 is 15.5 Å². The molecule has 3 N–H and O–H groups in total. The van der Waals surface area contributed by atoms with Crippen molar-refractivity contribution >= 4 is 15.7 Å². The Morgan fingerprint density at radius 3 is 2.94 bits per heavy atom. The minimum Gasteiger partial charge on any atom is -0.409 e. The van der Waals surface area contributed by atoms with E-state index in [1.807, 2.05) is 0 Å². The zero-order chi connectivity index (χ0) is 12.2. The molecule has 0 fully saturated rings. The summed E-state index contributed by atoms with van der Waals surface area (Å²) in [6.45, 7) is 0.457. The van der Waals surface area contributed by atoms with E-state index in [0.717, 1.165) is 0 Å². The summed E-state index contributed by atoms with van der Waals surface area (Å²) in [5, 5.41) is 11.3. The highest BCUT2D eigenvalue weighted by Gasteiger charge is 2.08. The van der Waals surface area contributed by atoms with Crippen molar-refractivity contribution < 1.29 is 13.6 Å². The molecule has 0 atom stereocenters. The van der Waals surface area contributed by atoms with Gasteiger partial charge in [-0.25, -0.2) is 13.4 Å². The normalized spacial score (nSPS) is 12.9. The maximum absolute atomic E-state index is 10.9. The monoisotopic (exact) mass is 246 g/mol. The number of rotatable bonds is 5. The van der Waals surface area contributed by atoms with Gasteiger partial charge in [-0.2, -0.15) is 0 Å². The van der Waals surface area contributed by atoms with Gasteiger partial charge in [0.05, 0.1) is 5.75 Å². The van der Waals surface area contributed by atoms with Gasteiger partial charge in [0.25, 0.3) is 0 Å². The molecule has 0 aromatic carbocycles. The standard InChI is InChI=1S/C8H14N4O3S/c1-16(14,15)6-2-4-12-5-3-10-8(12)7(9)11-13/h3,5,13H,2,4,6H2,1H3,(H2,9,11). The predicted molar refractivity (Wildman–Crippen MR) is 59.1 cm³/mol. The highest BCUT2D eigenvalue weighted by atomic mass is 32.2. The number of nitrogens with two attached hydrogens (primary N) is 1. The lowest BCUT2D eigenvalue weighted by molar-refractivity contribution is 0.318. The zero-order valence-corrected chi connectivity index (χ0v) is 9.68. The van der Waals surface area contributed by atoms with Crippen LogP contribution in [0.25, 0.3) is 0 Å². The van der Waals surface area contributed by atoms with Crippen molar-refractivity contribution in [1.82, 2.24) is 9.55 Å². The van der Waals surface area contributed by atoms with Crippen molar-refractivity contribution in [1.29, 1.82) is 0 Å². The summed E-state index contributed by atoms with van der Waals surface area (Å²) in [7, 11) is -2.96. The SMILES string of the molecule is CS(=O)(=O)CCCn1ccnc1/C(N)=N/O. The van der Waals surface area contributed by atoms with E-state index in [1.165, 1.54) is 12.5 Å². The Balaban J connectivity index is 2.65. The summed E-state index contributed by atoms with van der Waals surface area (Å²) < 4.78 is 23.5. The summed E-state index contributed by atoms with van der Waals surface area (Å²) in [6.07, 6.45) is 4.80. The molecule has 7 nitrogen and oxygen atoms in total. The van der Waals surface area contributed by atoms with Crippen molar-refractivity contribution in [2.24, 2.45) is 10.9 Å². The second-order valence-electron chi connectivity index (χ2n) is 3.41. The Labute approximate surface area is 93.5 Å². The highest BCUT2D eigenvalue weighted by molar-refractivity contribution is 7.90. The highest BCUT2D eigenvalue weighted by Crippen LogP contribution is 2.00. The first-order valence-electron chi connectivity index (χ1n) is 4.61. The number of aryl methyl sites for hydroxylation is 1. The molecule has 1 aromatic rings. The van der Waals surface area contributed by atoms with E-state index in [1.54, 1.807) is 10.8 Å².